The molecule has 0 aliphatic rings. The molecule has 0 rings (SSSR count). The molecule has 0 spiro atoms. The fourth-order valence-corrected chi connectivity index (χ4v) is 1.01. The number of unbranched alkanes of at least 4 members (excludes halogenated alkanes) is 1. The summed E-state index contributed by atoms with van der Waals surface area (Å²) in [5.74, 6) is 0. The van der Waals surface area contributed by atoms with Gasteiger partial charge in [0.25, 0.3) is 0 Å². The highest BCUT2D eigenvalue weighted by atomic mass is 14.8. The van der Waals surface area contributed by atoms with Crippen molar-refractivity contribution in [3.05, 3.63) is 11.6 Å². The Hall–Kier alpha value is -0.300. The zero-order chi connectivity index (χ0) is 8.53. The van der Waals surface area contributed by atoms with Gasteiger partial charge >= 0.3 is 0 Å². The van der Waals surface area contributed by atoms with Crippen molar-refractivity contribution in [3.63, 3.8) is 0 Å². The highest BCUT2D eigenvalue weighted by Gasteiger charge is 1.87. The molecule has 1 N–H and O–H groups in total. The van der Waals surface area contributed by atoms with Gasteiger partial charge in [0.1, 0.15) is 0 Å². The molecule has 0 saturated carbocycles. The van der Waals surface area contributed by atoms with Crippen molar-refractivity contribution in [2.75, 3.05) is 13.1 Å². The van der Waals surface area contributed by atoms with E-state index in [0.717, 1.165) is 19.5 Å². The molecule has 0 aromatic rings. The van der Waals surface area contributed by atoms with Gasteiger partial charge in [-0.1, -0.05) is 31.9 Å². The maximum atomic E-state index is 3.40. The van der Waals surface area contributed by atoms with Crippen LogP contribution in [0.1, 0.15) is 40.0 Å². The summed E-state index contributed by atoms with van der Waals surface area (Å²) >= 11 is 0. The van der Waals surface area contributed by atoms with E-state index in [1.54, 1.807) is 0 Å². The molecule has 0 fully saturated rings. The van der Waals surface area contributed by atoms with E-state index in [0.29, 0.717) is 0 Å². The van der Waals surface area contributed by atoms with E-state index in [4.69, 9.17) is 0 Å². The van der Waals surface area contributed by atoms with E-state index in [2.05, 4.69) is 32.2 Å². The molecule has 0 aliphatic carbocycles. The topological polar surface area (TPSA) is 12.0 Å². The van der Waals surface area contributed by atoms with Crippen molar-refractivity contribution in [1.29, 1.82) is 0 Å². The normalized spacial score (nSPS) is 12.1. The maximum absolute atomic E-state index is 3.40. The lowest BCUT2D eigenvalue weighted by Crippen LogP contribution is -2.17. The van der Waals surface area contributed by atoms with Crippen LogP contribution in [0.15, 0.2) is 11.6 Å². The van der Waals surface area contributed by atoms with Crippen LogP contribution in [0.2, 0.25) is 0 Å². The first-order chi connectivity index (χ1) is 5.31. The first-order valence-corrected chi connectivity index (χ1v) is 4.67. The van der Waals surface area contributed by atoms with Crippen LogP contribution < -0.4 is 5.32 Å². The number of allylic oxidation sites excluding steroid dienone is 1. The Morgan fingerprint density at radius 2 is 2.09 bits per heavy atom. The Labute approximate surface area is 70.9 Å². The van der Waals surface area contributed by atoms with Crippen LogP contribution in [0.25, 0.3) is 0 Å². The summed E-state index contributed by atoms with van der Waals surface area (Å²) in [5, 5.41) is 3.40. The molecule has 0 amide bonds. The van der Waals surface area contributed by atoms with Crippen molar-refractivity contribution in [3.8, 4) is 0 Å². The molecule has 1 heteroatoms. The van der Waals surface area contributed by atoms with Gasteiger partial charge in [-0.05, 0) is 26.3 Å². The third kappa shape index (κ3) is 7.60. The van der Waals surface area contributed by atoms with Gasteiger partial charge in [0.2, 0.25) is 0 Å². The summed E-state index contributed by atoms with van der Waals surface area (Å²) in [5.41, 5.74) is 1.46. The Kier molecular flexibility index (Phi) is 7.59. The summed E-state index contributed by atoms with van der Waals surface area (Å²) < 4.78 is 0. The van der Waals surface area contributed by atoms with Gasteiger partial charge in [-0.15, -0.1) is 0 Å². The highest BCUT2D eigenvalue weighted by molar-refractivity contribution is 4.99. The predicted octanol–water partition coefficient (Wildman–Crippen LogP) is 2.73. The zero-order valence-corrected chi connectivity index (χ0v) is 8.11. The van der Waals surface area contributed by atoms with E-state index >= 15 is 0 Å². The number of rotatable bonds is 6. The predicted molar refractivity (Wildman–Crippen MR) is 51.8 cm³/mol. The van der Waals surface area contributed by atoms with Crippen LogP contribution >= 0.6 is 0 Å². The Bertz CT molecular complexity index is 105. The van der Waals surface area contributed by atoms with Crippen molar-refractivity contribution >= 4 is 0 Å². The Balaban J connectivity index is 3.17. The van der Waals surface area contributed by atoms with E-state index in [1.165, 1.54) is 18.4 Å². The minimum Gasteiger partial charge on any atom is -0.313 e. The fraction of sp³-hybridized carbons (Fsp3) is 0.800. The molecular weight excluding hydrogens is 134 g/mol. The van der Waals surface area contributed by atoms with Gasteiger partial charge in [0.15, 0.2) is 0 Å². The van der Waals surface area contributed by atoms with E-state index in [9.17, 15) is 0 Å². The van der Waals surface area contributed by atoms with Gasteiger partial charge in [-0.25, -0.2) is 0 Å². The summed E-state index contributed by atoms with van der Waals surface area (Å²) in [7, 11) is 0. The molecule has 1 nitrogen and oxygen atoms in total. The van der Waals surface area contributed by atoms with Crippen molar-refractivity contribution in [1.82, 2.24) is 5.32 Å². The SMILES string of the molecule is CC/C=C(/C)CNCCCC. The first kappa shape index (κ1) is 10.7. The van der Waals surface area contributed by atoms with Gasteiger partial charge < -0.3 is 5.32 Å². The maximum Gasteiger partial charge on any atom is 0.0161 e. The van der Waals surface area contributed by atoms with E-state index in [1.807, 2.05) is 0 Å². The molecule has 0 heterocycles. The molecule has 11 heavy (non-hydrogen) atoms. The second kappa shape index (κ2) is 7.80. The quantitative estimate of drug-likeness (QED) is 0.459. The molecule has 66 valence electrons. The summed E-state index contributed by atoms with van der Waals surface area (Å²) in [4.78, 5) is 0. The molecule has 0 atom stereocenters. The molecule has 0 saturated heterocycles. The molecule has 0 bridgehead atoms. The molecular formula is C10H21N. The third-order valence-electron chi connectivity index (χ3n) is 1.66. The molecule has 0 unspecified atom stereocenters. The molecule has 0 aromatic carbocycles. The summed E-state index contributed by atoms with van der Waals surface area (Å²) in [6, 6.07) is 0. The van der Waals surface area contributed by atoms with Gasteiger partial charge in [0, 0.05) is 6.54 Å². The van der Waals surface area contributed by atoms with Crippen LogP contribution in [0, 0.1) is 0 Å². The summed E-state index contributed by atoms with van der Waals surface area (Å²) in [6.07, 6.45) is 6.00. The van der Waals surface area contributed by atoms with Gasteiger partial charge in [-0.3, -0.25) is 0 Å². The largest absolute Gasteiger partial charge is 0.313 e. The van der Waals surface area contributed by atoms with E-state index in [-0.39, 0.29) is 0 Å². The van der Waals surface area contributed by atoms with E-state index < -0.39 is 0 Å². The minimum atomic E-state index is 1.06. The van der Waals surface area contributed by atoms with Gasteiger partial charge in [0.05, 0.1) is 0 Å². The molecule has 0 aromatic heterocycles. The average molecular weight is 155 g/mol. The van der Waals surface area contributed by atoms with Crippen molar-refractivity contribution < 1.29 is 0 Å². The van der Waals surface area contributed by atoms with Crippen LogP contribution in [0.3, 0.4) is 0 Å². The smallest absolute Gasteiger partial charge is 0.0161 e. The monoisotopic (exact) mass is 155 g/mol. The minimum absolute atomic E-state index is 1.06. The third-order valence-corrected chi connectivity index (χ3v) is 1.66. The summed E-state index contributed by atoms with van der Waals surface area (Å²) in [6.45, 7) is 8.80. The number of hydrogen-bond acceptors (Lipinski definition) is 1. The second-order valence-corrected chi connectivity index (χ2v) is 2.99. The fourth-order valence-electron chi connectivity index (χ4n) is 1.01. The Morgan fingerprint density at radius 3 is 2.64 bits per heavy atom. The lowest BCUT2D eigenvalue weighted by Gasteiger charge is -2.02. The molecule has 0 aliphatic heterocycles. The number of hydrogen-bond donors (Lipinski definition) is 1. The second-order valence-electron chi connectivity index (χ2n) is 2.99. The lowest BCUT2D eigenvalue weighted by molar-refractivity contribution is 0.670. The molecule has 0 radical (unpaired) electrons. The Morgan fingerprint density at radius 1 is 1.36 bits per heavy atom. The number of nitrogens with one attached hydrogen (secondary N) is 1. The van der Waals surface area contributed by atoms with Gasteiger partial charge in [-0.2, -0.15) is 0 Å². The first-order valence-electron chi connectivity index (χ1n) is 4.67. The van der Waals surface area contributed by atoms with Crippen LogP contribution in [0.4, 0.5) is 0 Å². The van der Waals surface area contributed by atoms with Crippen LogP contribution in [0.5, 0.6) is 0 Å². The van der Waals surface area contributed by atoms with Crippen LogP contribution in [-0.4, -0.2) is 13.1 Å². The highest BCUT2D eigenvalue weighted by Crippen LogP contribution is 1.92. The lowest BCUT2D eigenvalue weighted by atomic mass is 10.2. The zero-order valence-electron chi connectivity index (χ0n) is 8.11. The average Bonchev–Trinajstić information content (AvgIpc) is 1.99. The van der Waals surface area contributed by atoms with Crippen molar-refractivity contribution in [2.45, 2.75) is 40.0 Å². The van der Waals surface area contributed by atoms with Crippen LogP contribution in [-0.2, 0) is 0 Å². The standard InChI is InChI=1S/C10H21N/c1-4-6-8-11-9-10(3)7-5-2/h7,11H,4-6,8-9H2,1-3H3/b10-7-. The van der Waals surface area contributed by atoms with Crippen molar-refractivity contribution in [2.24, 2.45) is 0 Å².